The molecule has 4 aromatic rings. The van der Waals surface area contributed by atoms with Crippen molar-refractivity contribution in [3.05, 3.63) is 63.2 Å². The van der Waals surface area contributed by atoms with Crippen LogP contribution in [0.3, 0.4) is 0 Å². The number of ether oxygens (including phenoxy) is 1. The minimum atomic E-state index is -3.70. The first kappa shape index (κ1) is 31.7. The first-order valence-electron chi connectivity index (χ1n) is 14.9. The van der Waals surface area contributed by atoms with Crippen LogP contribution in [0.15, 0.2) is 56.2 Å². The van der Waals surface area contributed by atoms with Crippen molar-refractivity contribution in [1.82, 2.24) is 24.5 Å². The molecule has 2 fully saturated rings. The Labute approximate surface area is 270 Å². The van der Waals surface area contributed by atoms with E-state index in [1.54, 1.807) is 59.7 Å². The maximum atomic E-state index is 13.7. The van der Waals surface area contributed by atoms with Crippen molar-refractivity contribution in [3.63, 3.8) is 0 Å². The van der Waals surface area contributed by atoms with Gasteiger partial charge in [-0.25, -0.2) is 8.42 Å². The molecule has 0 aliphatic carbocycles. The van der Waals surface area contributed by atoms with Crippen molar-refractivity contribution in [1.29, 1.82) is 0 Å². The SMILES string of the molecule is CN=c1scc(CN2CCN(C(=O)CCS(=O)(=O)c3ccc4cc(Cl)ccc4c3)C(Cc3nc(N4CCOCC4)no3)C2)n1C. The zero-order valence-corrected chi connectivity index (χ0v) is 27.7. The Morgan fingerprint density at radius 2 is 1.89 bits per heavy atom. The third-order valence-corrected chi connectivity index (χ3v) is 11.4. The summed E-state index contributed by atoms with van der Waals surface area (Å²) < 4.78 is 39.8. The molecule has 0 N–H and O–H groups in total. The fourth-order valence-corrected chi connectivity index (χ4v) is 8.13. The molecule has 1 unspecified atom stereocenters. The lowest BCUT2D eigenvalue weighted by atomic mass is 10.1. The molecule has 6 rings (SSSR count). The van der Waals surface area contributed by atoms with E-state index in [0.717, 1.165) is 21.3 Å². The van der Waals surface area contributed by atoms with Crippen LogP contribution in [0.25, 0.3) is 10.8 Å². The van der Waals surface area contributed by atoms with E-state index in [4.69, 9.17) is 20.9 Å². The fraction of sp³-hybridized carbons (Fsp3) is 0.467. The molecule has 2 saturated heterocycles. The van der Waals surface area contributed by atoms with Gasteiger partial charge in [0.2, 0.25) is 11.8 Å². The summed E-state index contributed by atoms with van der Waals surface area (Å²) in [6.07, 6.45) is 0.242. The molecule has 0 radical (unpaired) electrons. The van der Waals surface area contributed by atoms with Gasteiger partial charge < -0.3 is 23.6 Å². The Balaban J connectivity index is 1.17. The van der Waals surface area contributed by atoms with Crippen LogP contribution in [-0.4, -0.2) is 104 Å². The van der Waals surface area contributed by atoms with E-state index in [1.165, 1.54) is 0 Å². The van der Waals surface area contributed by atoms with E-state index in [0.29, 0.717) is 75.8 Å². The van der Waals surface area contributed by atoms with Crippen LogP contribution in [0.1, 0.15) is 18.0 Å². The molecule has 2 aliphatic rings. The minimum Gasteiger partial charge on any atom is -0.378 e. The van der Waals surface area contributed by atoms with Crippen LogP contribution in [0.2, 0.25) is 5.02 Å². The van der Waals surface area contributed by atoms with Gasteiger partial charge >= 0.3 is 0 Å². The summed E-state index contributed by atoms with van der Waals surface area (Å²) >= 11 is 7.68. The fourth-order valence-electron chi connectivity index (χ4n) is 5.84. The van der Waals surface area contributed by atoms with Crippen molar-refractivity contribution in [2.24, 2.45) is 12.0 Å². The van der Waals surface area contributed by atoms with E-state index in [2.05, 4.69) is 30.0 Å². The Hall–Kier alpha value is -3.30. The lowest BCUT2D eigenvalue weighted by Gasteiger charge is -2.41. The molecule has 0 spiro atoms. The molecule has 2 aromatic carbocycles. The molecule has 1 amide bonds. The number of benzene rings is 2. The normalized spacial score (nSPS) is 18.6. The average molecular weight is 674 g/mol. The summed E-state index contributed by atoms with van der Waals surface area (Å²) in [6.45, 7) is 4.97. The van der Waals surface area contributed by atoms with Gasteiger partial charge in [0.15, 0.2) is 14.6 Å². The number of carbonyl (C=O) groups excluding carboxylic acids is 1. The number of piperazine rings is 1. The third kappa shape index (κ3) is 7.25. The Morgan fingerprint density at radius 1 is 1.11 bits per heavy atom. The Morgan fingerprint density at radius 3 is 2.67 bits per heavy atom. The van der Waals surface area contributed by atoms with Gasteiger partial charge in [-0.1, -0.05) is 23.7 Å². The second-order valence-corrected chi connectivity index (χ2v) is 14.7. The number of thiazole rings is 1. The van der Waals surface area contributed by atoms with Gasteiger partial charge in [-0.05, 0) is 40.2 Å². The summed E-state index contributed by atoms with van der Waals surface area (Å²) in [5, 5.41) is 8.50. The number of carbonyl (C=O) groups is 1. The second-order valence-electron chi connectivity index (χ2n) is 11.3. The quantitative estimate of drug-likeness (QED) is 0.264. The van der Waals surface area contributed by atoms with Crippen molar-refractivity contribution in [2.75, 3.05) is 63.6 Å². The van der Waals surface area contributed by atoms with E-state index in [9.17, 15) is 13.2 Å². The molecule has 12 nitrogen and oxygen atoms in total. The van der Waals surface area contributed by atoms with Gasteiger partial charge in [0, 0.05) is 82.3 Å². The smallest absolute Gasteiger partial charge is 0.266 e. The van der Waals surface area contributed by atoms with E-state index >= 15 is 0 Å². The number of anilines is 1. The number of sulfone groups is 1. The number of aromatic nitrogens is 3. The van der Waals surface area contributed by atoms with Crippen LogP contribution in [-0.2, 0) is 39.4 Å². The number of fused-ring (bicyclic) bond motifs is 1. The first-order valence-corrected chi connectivity index (χ1v) is 17.8. The van der Waals surface area contributed by atoms with Gasteiger partial charge in [-0.15, -0.1) is 11.3 Å². The molecule has 2 aromatic heterocycles. The monoisotopic (exact) mass is 673 g/mol. The average Bonchev–Trinajstić information content (AvgIpc) is 3.66. The van der Waals surface area contributed by atoms with Crippen molar-refractivity contribution in [2.45, 2.75) is 30.3 Å². The highest BCUT2D eigenvalue weighted by Crippen LogP contribution is 2.25. The summed E-state index contributed by atoms with van der Waals surface area (Å²) in [7, 11) is 0.0862. The highest BCUT2D eigenvalue weighted by Gasteiger charge is 2.33. The standard InChI is InChI=1S/C30H36ClN7O5S2/c1-32-30-35(2)25(20-44-30)19-36-8-9-38(24(18-36)17-27-33-29(34-43-27)37-10-12-42-13-11-37)28(39)7-14-45(40,41)26-6-4-21-15-23(31)5-3-22(21)16-26/h3-6,15-16,20,24H,7-14,17-19H2,1-2H3. The van der Waals surface area contributed by atoms with Gasteiger partial charge in [-0.2, -0.15) is 4.98 Å². The Kier molecular flexibility index (Phi) is 9.57. The maximum absolute atomic E-state index is 13.7. The summed E-state index contributed by atoms with van der Waals surface area (Å²) in [4.78, 5) is 29.9. The van der Waals surface area contributed by atoms with Crippen LogP contribution < -0.4 is 9.70 Å². The largest absolute Gasteiger partial charge is 0.378 e. The second kappa shape index (κ2) is 13.6. The number of morpholine rings is 1. The van der Waals surface area contributed by atoms with Crippen molar-refractivity contribution < 1.29 is 22.5 Å². The molecule has 1 atom stereocenters. The number of rotatable bonds is 9. The third-order valence-electron chi connectivity index (χ3n) is 8.36. The van der Waals surface area contributed by atoms with Crippen molar-refractivity contribution in [3.8, 4) is 0 Å². The van der Waals surface area contributed by atoms with Crippen LogP contribution >= 0.6 is 22.9 Å². The molecule has 0 saturated carbocycles. The molecule has 4 heterocycles. The predicted octanol–water partition coefficient (Wildman–Crippen LogP) is 2.76. The topological polar surface area (TPSA) is 126 Å². The molecule has 15 heteroatoms. The van der Waals surface area contributed by atoms with Gasteiger partial charge in [0.1, 0.15) is 0 Å². The molecule has 240 valence electrons. The number of hydrogen-bond donors (Lipinski definition) is 0. The molecule has 2 aliphatic heterocycles. The highest BCUT2D eigenvalue weighted by atomic mass is 35.5. The first-order chi connectivity index (χ1) is 21.7. The van der Waals surface area contributed by atoms with Crippen molar-refractivity contribution >= 4 is 55.4 Å². The number of halogens is 1. The molecule has 45 heavy (non-hydrogen) atoms. The zero-order chi connectivity index (χ0) is 31.6. The van der Waals surface area contributed by atoms with Gasteiger partial charge in [0.25, 0.3) is 5.95 Å². The predicted molar refractivity (Wildman–Crippen MR) is 172 cm³/mol. The van der Waals surface area contributed by atoms with Gasteiger partial charge in [-0.3, -0.25) is 14.7 Å². The van der Waals surface area contributed by atoms with Crippen LogP contribution in [0.5, 0.6) is 0 Å². The molecule has 0 bridgehead atoms. The number of amides is 1. The van der Waals surface area contributed by atoms with E-state index in [-0.39, 0.29) is 29.0 Å². The molecular formula is C30H36ClN7O5S2. The van der Waals surface area contributed by atoms with Gasteiger partial charge in [0.05, 0.1) is 29.9 Å². The minimum absolute atomic E-state index is 0.124. The summed E-state index contributed by atoms with van der Waals surface area (Å²) in [5.41, 5.74) is 1.13. The van der Waals surface area contributed by atoms with Crippen LogP contribution in [0, 0.1) is 0 Å². The lowest BCUT2D eigenvalue weighted by Crippen LogP contribution is -2.56. The van der Waals surface area contributed by atoms with E-state index < -0.39 is 9.84 Å². The summed E-state index contributed by atoms with van der Waals surface area (Å²) in [6, 6.07) is 10.00. The van der Waals surface area contributed by atoms with E-state index in [1.807, 2.05) is 11.9 Å². The lowest BCUT2D eigenvalue weighted by molar-refractivity contribution is -0.136. The highest BCUT2D eigenvalue weighted by molar-refractivity contribution is 7.91. The summed E-state index contributed by atoms with van der Waals surface area (Å²) in [5.74, 6) is 0.465. The number of nitrogens with zero attached hydrogens (tertiary/aromatic N) is 7. The maximum Gasteiger partial charge on any atom is 0.266 e. The zero-order valence-electron chi connectivity index (χ0n) is 25.3. The Bertz CT molecular complexity index is 1850. The van der Waals surface area contributed by atoms with Crippen LogP contribution in [0.4, 0.5) is 5.95 Å². The molecular weight excluding hydrogens is 638 g/mol. The number of hydrogen-bond acceptors (Lipinski definition) is 11.